The fourth-order valence-corrected chi connectivity index (χ4v) is 5.50. The summed E-state index contributed by atoms with van der Waals surface area (Å²) in [6.07, 6.45) is 1.13. The van der Waals surface area contributed by atoms with Gasteiger partial charge in [0.15, 0.2) is 0 Å². The molecule has 0 atom stereocenters. The maximum Gasteiger partial charge on any atom is 0.325 e. The summed E-state index contributed by atoms with van der Waals surface area (Å²) >= 11 is 0. The zero-order chi connectivity index (χ0) is 21.9. The van der Waals surface area contributed by atoms with Gasteiger partial charge < -0.3 is 14.8 Å². The highest BCUT2D eigenvalue weighted by atomic mass is 32.2. The van der Waals surface area contributed by atoms with Crippen LogP contribution in [0.2, 0.25) is 0 Å². The number of nitrogens with zero attached hydrogens (tertiary/aromatic N) is 2. The average Bonchev–Trinajstić information content (AvgIpc) is 2.94. The predicted molar refractivity (Wildman–Crippen MR) is 110 cm³/mol. The van der Waals surface area contributed by atoms with Gasteiger partial charge in [0.2, 0.25) is 10.0 Å². The molecule has 2 heterocycles. The number of hydrogen-bond donors (Lipinski definition) is 1. The number of rotatable bonds is 8. The van der Waals surface area contributed by atoms with Crippen molar-refractivity contribution >= 4 is 22.0 Å². The minimum absolute atomic E-state index is 0.0423. The van der Waals surface area contributed by atoms with E-state index in [4.69, 9.17) is 9.47 Å². The summed E-state index contributed by atoms with van der Waals surface area (Å²) in [5.41, 5.74) is -1.02. The molecule has 0 saturated carbocycles. The molecule has 0 aliphatic carbocycles. The number of carbonyl (C=O) groups excluding carboxylic acids is 2. The summed E-state index contributed by atoms with van der Waals surface area (Å²) in [5, 5.41) is 2.79. The van der Waals surface area contributed by atoms with E-state index in [9.17, 15) is 18.0 Å². The molecule has 10 heteroatoms. The summed E-state index contributed by atoms with van der Waals surface area (Å²) in [6.45, 7) is 6.85. The molecule has 166 valence electrons. The van der Waals surface area contributed by atoms with E-state index in [2.05, 4.69) is 5.32 Å². The molecule has 9 nitrogen and oxygen atoms in total. The van der Waals surface area contributed by atoms with Crippen molar-refractivity contribution in [3.8, 4) is 11.5 Å². The van der Waals surface area contributed by atoms with Crippen LogP contribution in [0.15, 0.2) is 23.1 Å². The first kappa shape index (κ1) is 22.4. The van der Waals surface area contributed by atoms with Crippen molar-refractivity contribution in [2.24, 2.45) is 0 Å². The van der Waals surface area contributed by atoms with Crippen LogP contribution in [-0.2, 0) is 14.8 Å². The lowest BCUT2D eigenvalue weighted by Gasteiger charge is -2.36. The molecule has 2 aliphatic heterocycles. The fraction of sp³-hybridized carbons (Fsp3) is 0.600. The van der Waals surface area contributed by atoms with Crippen molar-refractivity contribution in [2.75, 3.05) is 32.8 Å². The summed E-state index contributed by atoms with van der Waals surface area (Å²) in [7, 11) is -3.87. The van der Waals surface area contributed by atoms with Crippen LogP contribution in [0.25, 0.3) is 0 Å². The standard InChI is InChI=1S/C20H29N3O6S/c1-4-11-23-18(24)20(21-19(23)25)9-12-22(13-10-20)30(26,27)17-14-15(28-5-2)7-8-16(17)29-6-3/h7-8,14H,4-6,9-13H2,1-3H3,(H,21,25). The Hall–Kier alpha value is -2.33. The van der Waals surface area contributed by atoms with E-state index in [1.165, 1.54) is 15.3 Å². The number of urea groups is 1. The Morgan fingerprint density at radius 3 is 2.33 bits per heavy atom. The van der Waals surface area contributed by atoms with Crippen LogP contribution in [-0.4, -0.2) is 67.9 Å². The van der Waals surface area contributed by atoms with Crippen LogP contribution in [0.4, 0.5) is 4.79 Å². The van der Waals surface area contributed by atoms with E-state index in [1.54, 1.807) is 19.1 Å². The molecule has 2 saturated heterocycles. The van der Waals surface area contributed by atoms with Crippen molar-refractivity contribution in [1.82, 2.24) is 14.5 Å². The highest BCUT2D eigenvalue weighted by Gasteiger charge is 2.53. The van der Waals surface area contributed by atoms with Gasteiger partial charge in [0.05, 0.1) is 13.2 Å². The van der Waals surface area contributed by atoms with E-state index in [-0.39, 0.29) is 42.5 Å². The third kappa shape index (κ3) is 3.98. The van der Waals surface area contributed by atoms with Crippen molar-refractivity contribution in [3.63, 3.8) is 0 Å². The second-order valence-electron chi connectivity index (χ2n) is 7.35. The lowest BCUT2D eigenvalue weighted by Crippen LogP contribution is -2.55. The molecule has 1 aromatic carbocycles. The summed E-state index contributed by atoms with van der Waals surface area (Å²) in [4.78, 5) is 26.3. The number of sulfonamides is 1. The molecule has 2 aliphatic rings. The van der Waals surface area contributed by atoms with Gasteiger partial charge in [0, 0.05) is 25.7 Å². The second-order valence-corrected chi connectivity index (χ2v) is 9.25. The van der Waals surface area contributed by atoms with Crippen molar-refractivity contribution in [1.29, 1.82) is 0 Å². The molecule has 0 aromatic heterocycles. The monoisotopic (exact) mass is 439 g/mol. The van der Waals surface area contributed by atoms with E-state index in [1.807, 2.05) is 13.8 Å². The third-order valence-corrected chi connectivity index (χ3v) is 7.33. The minimum atomic E-state index is -3.87. The Morgan fingerprint density at radius 1 is 1.07 bits per heavy atom. The maximum absolute atomic E-state index is 13.4. The lowest BCUT2D eigenvalue weighted by molar-refractivity contribution is -0.132. The maximum atomic E-state index is 13.4. The normalized spacial score (nSPS) is 19.2. The van der Waals surface area contributed by atoms with Crippen LogP contribution in [0.1, 0.15) is 40.0 Å². The number of amides is 3. The smallest absolute Gasteiger partial charge is 0.325 e. The highest BCUT2D eigenvalue weighted by molar-refractivity contribution is 7.89. The number of hydrogen-bond acceptors (Lipinski definition) is 6. The zero-order valence-electron chi connectivity index (χ0n) is 17.6. The number of imide groups is 1. The molecular formula is C20H29N3O6S. The minimum Gasteiger partial charge on any atom is -0.494 e. The molecule has 1 aromatic rings. The van der Waals surface area contributed by atoms with Crippen LogP contribution in [0, 0.1) is 0 Å². The first-order valence-electron chi connectivity index (χ1n) is 10.3. The SMILES string of the molecule is CCCN1C(=O)NC2(CCN(S(=O)(=O)c3cc(OCC)ccc3OCC)CC2)C1=O. The number of nitrogens with one attached hydrogen (secondary N) is 1. The predicted octanol–water partition coefficient (Wildman–Crippen LogP) is 1.97. The van der Waals surface area contributed by atoms with Crippen molar-refractivity contribution < 1.29 is 27.5 Å². The highest BCUT2D eigenvalue weighted by Crippen LogP contribution is 2.35. The molecule has 0 unspecified atom stereocenters. The Balaban J connectivity index is 1.82. The lowest BCUT2D eigenvalue weighted by atomic mass is 9.88. The van der Waals surface area contributed by atoms with Gasteiger partial charge in [-0.2, -0.15) is 4.31 Å². The molecule has 0 radical (unpaired) electrons. The zero-order valence-corrected chi connectivity index (χ0v) is 18.5. The van der Waals surface area contributed by atoms with Gasteiger partial charge in [0.1, 0.15) is 21.9 Å². The van der Waals surface area contributed by atoms with E-state index >= 15 is 0 Å². The van der Waals surface area contributed by atoms with Gasteiger partial charge >= 0.3 is 6.03 Å². The van der Waals surface area contributed by atoms with E-state index in [0.29, 0.717) is 31.9 Å². The van der Waals surface area contributed by atoms with Gasteiger partial charge in [-0.05, 0) is 45.2 Å². The van der Waals surface area contributed by atoms with Gasteiger partial charge in [0.25, 0.3) is 5.91 Å². The molecule has 3 amide bonds. The Bertz CT molecular complexity index is 909. The first-order valence-corrected chi connectivity index (χ1v) is 11.8. The van der Waals surface area contributed by atoms with Crippen LogP contribution in [0.3, 0.4) is 0 Å². The molecule has 1 N–H and O–H groups in total. The number of benzene rings is 1. The molecule has 3 rings (SSSR count). The van der Waals surface area contributed by atoms with Gasteiger partial charge in [-0.3, -0.25) is 9.69 Å². The first-order chi connectivity index (χ1) is 14.3. The second kappa shape index (κ2) is 8.81. The Labute approximate surface area is 177 Å². The van der Waals surface area contributed by atoms with E-state index < -0.39 is 21.6 Å². The summed E-state index contributed by atoms with van der Waals surface area (Å²) in [6, 6.07) is 4.34. The summed E-state index contributed by atoms with van der Waals surface area (Å²) in [5.74, 6) is 0.446. The Morgan fingerprint density at radius 2 is 1.73 bits per heavy atom. The topological polar surface area (TPSA) is 105 Å². The summed E-state index contributed by atoms with van der Waals surface area (Å²) < 4.78 is 39.1. The quantitative estimate of drug-likeness (QED) is 0.621. The largest absolute Gasteiger partial charge is 0.494 e. The van der Waals surface area contributed by atoms with Gasteiger partial charge in [-0.1, -0.05) is 6.92 Å². The molecule has 2 fully saturated rings. The van der Waals surface area contributed by atoms with E-state index in [0.717, 1.165) is 0 Å². The van der Waals surface area contributed by atoms with Gasteiger partial charge in [-0.15, -0.1) is 0 Å². The van der Waals surface area contributed by atoms with Gasteiger partial charge in [-0.25, -0.2) is 13.2 Å². The van der Waals surface area contributed by atoms with Crippen LogP contribution >= 0.6 is 0 Å². The Kier molecular flexibility index (Phi) is 6.56. The number of ether oxygens (including phenoxy) is 2. The molecular weight excluding hydrogens is 410 g/mol. The number of piperidine rings is 1. The van der Waals surface area contributed by atoms with Crippen LogP contribution in [0.5, 0.6) is 11.5 Å². The molecule has 1 spiro atoms. The van der Waals surface area contributed by atoms with Crippen molar-refractivity contribution in [2.45, 2.75) is 50.5 Å². The molecule has 0 bridgehead atoms. The van der Waals surface area contributed by atoms with Crippen molar-refractivity contribution in [3.05, 3.63) is 18.2 Å². The molecule has 30 heavy (non-hydrogen) atoms. The number of carbonyl (C=O) groups is 2. The fourth-order valence-electron chi connectivity index (χ4n) is 3.91. The van der Waals surface area contributed by atoms with Crippen LogP contribution < -0.4 is 14.8 Å². The average molecular weight is 440 g/mol. The third-order valence-electron chi connectivity index (χ3n) is 5.41.